The number of nitrogens with zero attached hydrogens (tertiary/aromatic N) is 2. The molecule has 0 radical (unpaired) electrons. The molecule has 1 aromatic carbocycles. The monoisotopic (exact) mass is 349 g/mol. The van der Waals surface area contributed by atoms with E-state index >= 15 is 0 Å². The molecule has 0 aliphatic carbocycles. The fourth-order valence-corrected chi connectivity index (χ4v) is 2.52. The van der Waals surface area contributed by atoms with E-state index in [9.17, 15) is 4.79 Å². The molecule has 132 valence electrons. The van der Waals surface area contributed by atoms with E-state index in [-0.39, 0.29) is 12.3 Å². The van der Waals surface area contributed by atoms with E-state index in [4.69, 9.17) is 9.47 Å². The molecule has 26 heavy (non-hydrogen) atoms. The number of carbonyl (C=O) groups excluding carboxylic acids is 1. The third-order valence-corrected chi connectivity index (χ3v) is 3.93. The van der Waals surface area contributed by atoms with Gasteiger partial charge in [-0.3, -0.25) is 9.78 Å². The van der Waals surface area contributed by atoms with Crippen molar-refractivity contribution in [3.05, 3.63) is 83.9 Å². The Kier molecular flexibility index (Phi) is 5.59. The van der Waals surface area contributed by atoms with Crippen LogP contribution in [-0.2, 0) is 13.2 Å². The molecule has 2 aromatic heterocycles. The molecule has 0 saturated heterocycles. The van der Waals surface area contributed by atoms with Gasteiger partial charge in [0.25, 0.3) is 0 Å². The van der Waals surface area contributed by atoms with Crippen molar-refractivity contribution in [1.82, 2.24) is 4.98 Å². The van der Waals surface area contributed by atoms with Crippen molar-refractivity contribution in [3.63, 3.8) is 0 Å². The molecule has 0 spiro atoms. The maximum absolute atomic E-state index is 12.3. The van der Waals surface area contributed by atoms with Gasteiger partial charge in [0, 0.05) is 23.4 Å². The normalized spacial score (nSPS) is 10.4. The summed E-state index contributed by atoms with van der Waals surface area (Å²) in [5, 5.41) is 0. The molecular formula is C21H21N2O3+. The van der Waals surface area contributed by atoms with E-state index in [1.807, 2.05) is 54.2 Å². The number of ketones is 1. The molecule has 5 nitrogen and oxygen atoms in total. The first-order valence-corrected chi connectivity index (χ1v) is 8.36. The number of methoxy groups -OCH3 is 1. The van der Waals surface area contributed by atoms with Crippen LogP contribution in [0.2, 0.25) is 0 Å². The van der Waals surface area contributed by atoms with Crippen molar-refractivity contribution in [2.75, 3.05) is 7.11 Å². The largest absolute Gasteiger partial charge is 0.497 e. The molecule has 0 bridgehead atoms. The topological polar surface area (TPSA) is 52.3 Å². The minimum absolute atomic E-state index is 0.0373. The Morgan fingerprint density at radius 2 is 1.73 bits per heavy atom. The molecular weight excluding hydrogens is 328 g/mol. The Morgan fingerprint density at radius 1 is 1.00 bits per heavy atom. The lowest BCUT2D eigenvalue weighted by Gasteiger charge is -2.06. The smallest absolute Gasteiger partial charge is 0.227 e. The van der Waals surface area contributed by atoms with Crippen molar-refractivity contribution in [2.45, 2.75) is 20.1 Å². The van der Waals surface area contributed by atoms with Gasteiger partial charge in [0.05, 0.1) is 12.8 Å². The highest BCUT2D eigenvalue weighted by atomic mass is 16.5. The van der Waals surface area contributed by atoms with E-state index in [1.165, 1.54) is 0 Å². The van der Waals surface area contributed by atoms with E-state index in [1.54, 1.807) is 31.4 Å². The minimum atomic E-state index is 0.0373. The minimum Gasteiger partial charge on any atom is -0.497 e. The molecule has 3 aromatic rings. The molecule has 0 aliphatic rings. The number of carbonyl (C=O) groups is 1. The van der Waals surface area contributed by atoms with Crippen molar-refractivity contribution in [2.24, 2.45) is 0 Å². The summed E-state index contributed by atoms with van der Waals surface area (Å²) < 4.78 is 12.7. The number of hydrogen-bond acceptors (Lipinski definition) is 4. The molecule has 0 N–H and O–H groups in total. The van der Waals surface area contributed by atoms with Crippen LogP contribution in [0.15, 0.2) is 67.0 Å². The van der Waals surface area contributed by atoms with Crippen molar-refractivity contribution >= 4 is 5.78 Å². The number of Topliss-reactive ketones (excluding diaryl/α,β-unsaturated/α-hetero) is 1. The molecule has 0 atom stereocenters. The lowest BCUT2D eigenvalue weighted by atomic mass is 10.1. The van der Waals surface area contributed by atoms with Crippen LogP contribution in [0.1, 0.15) is 21.7 Å². The van der Waals surface area contributed by atoms with E-state index in [2.05, 4.69) is 4.98 Å². The van der Waals surface area contributed by atoms with Gasteiger partial charge in [-0.25, -0.2) is 0 Å². The van der Waals surface area contributed by atoms with E-state index in [0.29, 0.717) is 12.2 Å². The van der Waals surface area contributed by atoms with Crippen LogP contribution in [0.4, 0.5) is 0 Å². The number of benzene rings is 1. The zero-order valence-corrected chi connectivity index (χ0v) is 14.9. The number of ether oxygens (including phenoxy) is 2. The Hall–Kier alpha value is -3.21. The number of rotatable bonds is 7. The molecule has 0 unspecified atom stereocenters. The molecule has 2 heterocycles. The van der Waals surface area contributed by atoms with Gasteiger partial charge in [0.2, 0.25) is 12.3 Å². The van der Waals surface area contributed by atoms with Gasteiger partial charge < -0.3 is 9.47 Å². The molecule has 0 aliphatic heterocycles. The summed E-state index contributed by atoms with van der Waals surface area (Å²) in [6.07, 6.45) is 3.67. The number of aryl methyl sites for hydroxylation is 1. The second kappa shape index (κ2) is 8.25. The lowest BCUT2D eigenvalue weighted by molar-refractivity contribution is -0.683. The van der Waals surface area contributed by atoms with Gasteiger partial charge in [-0.1, -0.05) is 6.07 Å². The van der Waals surface area contributed by atoms with Gasteiger partial charge in [-0.2, -0.15) is 4.57 Å². The fraction of sp³-hybridized carbons (Fsp3) is 0.190. The third-order valence-electron chi connectivity index (χ3n) is 3.93. The average molecular weight is 349 g/mol. The maximum atomic E-state index is 12.3. The van der Waals surface area contributed by atoms with Crippen molar-refractivity contribution in [1.29, 1.82) is 0 Å². The van der Waals surface area contributed by atoms with Gasteiger partial charge in [0.1, 0.15) is 18.1 Å². The lowest BCUT2D eigenvalue weighted by Crippen LogP contribution is -2.36. The first kappa shape index (κ1) is 17.6. The van der Waals surface area contributed by atoms with Crippen LogP contribution >= 0.6 is 0 Å². The van der Waals surface area contributed by atoms with Crippen LogP contribution in [0.5, 0.6) is 11.5 Å². The summed E-state index contributed by atoms with van der Waals surface area (Å²) in [7, 11) is 1.60. The molecule has 0 saturated carbocycles. The number of pyridine rings is 2. The van der Waals surface area contributed by atoms with Crippen molar-refractivity contribution in [3.8, 4) is 11.5 Å². The second-order valence-electron chi connectivity index (χ2n) is 5.92. The SMILES string of the molecule is COc1ccc(C(=O)C[n+]2ccc(OCc3cccc(C)n3)cc2)cc1. The summed E-state index contributed by atoms with van der Waals surface area (Å²) in [4.78, 5) is 16.7. The van der Waals surface area contributed by atoms with E-state index in [0.717, 1.165) is 22.9 Å². The summed E-state index contributed by atoms with van der Waals surface area (Å²) in [5.41, 5.74) is 2.51. The zero-order valence-electron chi connectivity index (χ0n) is 14.9. The number of aromatic nitrogens is 2. The maximum Gasteiger partial charge on any atom is 0.227 e. The molecule has 0 fully saturated rings. The van der Waals surface area contributed by atoms with Crippen LogP contribution in [0, 0.1) is 6.92 Å². The molecule has 0 amide bonds. The second-order valence-corrected chi connectivity index (χ2v) is 5.92. The van der Waals surface area contributed by atoms with Crippen LogP contribution in [-0.4, -0.2) is 17.9 Å². The highest BCUT2D eigenvalue weighted by molar-refractivity contribution is 5.95. The van der Waals surface area contributed by atoms with Gasteiger partial charge in [-0.15, -0.1) is 0 Å². The highest BCUT2D eigenvalue weighted by Gasteiger charge is 2.12. The van der Waals surface area contributed by atoms with Gasteiger partial charge >= 0.3 is 0 Å². The van der Waals surface area contributed by atoms with Crippen LogP contribution in [0.3, 0.4) is 0 Å². The fourth-order valence-electron chi connectivity index (χ4n) is 2.52. The first-order chi connectivity index (χ1) is 12.6. The summed E-state index contributed by atoms with van der Waals surface area (Å²) in [6, 6.07) is 16.7. The molecule has 3 rings (SSSR count). The first-order valence-electron chi connectivity index (χ1n) is 8.36. The average Bonchev–Trinajstić information content (AvgIpc) is 2.67. The molecule has 5 heteroatoms. The summed E-state index contributed by atoms with van der Waals surface area (Å²) in [6.45, 7) is 2.64. The highest BCUT2D eigenvalue weighted by Crippen LogP contribution is 2.12. The Labute approximate surface area is 152 Å². The zero-order chi connectivity index (χ0) is 18.4. The van der Waals surface area contributed by atoms with Gasteiger partial charge in [0.15, 0.2) is 12.4 Å². The summed E-state index contributed by atoms with van der Waals surface area (Å²) >= 11 is 0. The quantitative estimate of drug-likeness (QED) is 0.486. The Balaban J connectivity index is 1.57. The van der Waals surface area contributed by atoms with Crippen LogP contribution in [0.25, 0.3) is 0 Å². The number of hydrogen-bond donors (Lipinski definition) is 0. The summed E-state index contributed by atoms with van der Waals surface area (Å²) in [5.74, 6) is 1.51. The Bertz CT molecular complexity index is 875. The standard InChI is InChI=1S/C21H21N2O3/c1-16-4-3-5-18(22-16)15-26-20-10-12-23(13-11-20)14-21(24)17-6-8-19(25-2)9-7-17/h3-13H,14-15H2,1-2H3/q+1. The van der Waals surface area contributed by atoms with Crippen LogP contribution < -0.4 is 14.0 Å². The Morgan fingerprint density at radius 3 is 2.38 bits per heavy atom. The van der Waals surface area contributed by atoms with Gasteiger partial charge in [-0.05, 0) is 43.3 Å². The van der Waals surface area contributed by atoms with Crippen molar-refractivity contribution < 1.29 is 18.8 Å². The third kappa shape index (κ3) is 4.66. The van der Waals surface area contributed by atoms with E-state index < -0.39 is 0 Å². The predicted molar refractivity (Wildman–Crippen MR) is 97.3 cm³/mol. The predicted octanol–water partition coefficient (Wildman–Crippen LogP) is 3.15.